The molecule has 31 heavy (non-hydrogen) atoms. The summed E-state index contributed by atoms with van der Waals surface area (Å²) in [6.07, 6.45) is 1.47. The number of hydrogen-bond acceptors (Lipinski definition) is 5. The van der Waals surface area contributed by atoms with E-state index in [-0.39, 0.29) is 5.91 Å². The van der Waals surface area contributed by atoms with E-state index in [4.69, 9.17) is 21.1 Å². The first-order chi connectivity index (χ1) is 15.0. The Kier molecular flexibility index (Phi) is 7.40. The fourth-order valence-corrected chi connectivity index (χ4v) is 2.76. The van der Waals surface area contributed by atoms with Gasteiger partial charge in [0.05, 0.1) is 18.4 Å². The third-order valence-electron chi connectivity index (χ3n) is 4.24. The van der Waals surface area contributed by atoms with Crippen molar-refractivity contribution in [1.82, 2.24) is 5.43 Å². The highest BCUT2D eigenvalue weighted by molar-refractivity contribution is 6.30. The van der Waals surface area contributed by atoms with Crippen LogP contribution >= 0.6 is 11.6 Å². The number of aryl methyl sites for hydroxylation is 1. The van der Waals surface area contributed by atoms with Gasteiger partial charge in [-0.3, -0.25) is 4.79 Å². The van der Waals surface area contributed by atoms with Crippen LogP contribution in [0, 0.1) is 6.92 Å². The first-order valence-corrected chi connectivity index (χ1v) is 9.98. The Morgan fingerprint density at radius 2 is 1.65 bits per heavy atom. The molecule has 0 aliphatic rings. The number of ether oxygens (including phenoxy) is 2. The molecule has 0 aliphatic heterocycles. The monoisotopic (exact) mass is 436 g/mol. The number of hydrogen-bond donors (Lipinski definition) is 1. The van der Waals surface area contributed by atoms with Crippen LogP contribution in [0.15, 0.2) is 71.8 Å². The van der Waals surface area contributed by atoms with Gasteiger partial charge in [0.2, 0.25) is 0 Å². The van der Waals surface area contributed by atoms with Gasteiger partial charge in [0.25, 0.3) is 5.91 Å². The number of amides is 1. The van der Waals surface area contributed by atoms with Gasteiger partial charge in [-0.25, -0.2) is 10.2 Å². The molecule has 158 valence electrons. The van der Waals surface area contributed by atoms with Crippen molar-refractivity contribution in [2.75, 3.05) is 6.61 Å². The van der Waals surface area contributed by atoms with Gasteiger partial charge in [-0.2, -0.15) is 5.10 Å². The van der Waals surface area contributed by atoms with Gasteiger partial charge in [0.1, 0.15) is 0 Å². The first kappa shape index (κ1) is 22.1. The number of esters is 1. The molecule has 0 atom stereocenters. The molecule has 0 unspecified atom stereocenters. The Balaban J connectivity index is 1.69. The SMILES string of the molecule is CCOc1cc(/C=N\NC(=O)c2ccc(Cl)cc2)ccc1OC(=O)c1ccc(C)cc1. The molecule has 0 saturated carbocycles. The number of carbonyl (C=O) groups is 2. The summed E-state index contributed by atoms with van der Waals surface area (Å²) in [5.41, 5.74) is 5.06. The molecule has 0 aliphatic carbocycles. The molecule has 0 saturated heterocycles. The maximum Gasteiger partial charge on any atom is 0.343 e. The number of rotatable bonds is 7. The third kappa shape index (κ3) is 6.17. The molecule has 0 fully saturated rings. The summed E-state index contributed by atoms with van der Waals surface area (Å²) in [7, 11) is 0. The van der Waals surface area contributed by atoms with Crippen LogP contribution in [0.1, 0.15) is 38.8 Å². The molecule has 7 heteroatoms. The van der Waals surface area contributed by atoms with E-state index in [2.05, 4.69) is 10.5 Å². The van der Waals surface area contributed by atoms with Crippen LogP contribution in [0.5, 0.6) is 11.5 Å². The second-order valence-electron chi connectivity index (χ2n) is 6.60. The van der Waals surface area contributed by atoms with Gasteiger partial charge in [-0.15, -0.1) is 0 Å². The van der Waals surface area contributed by atoms with Crippen LogP contribution in [-0.4, -0.2) is 24.7 Å². The van der Waals surface area contributed by atoms with Crippen molar-refractivity contribution in [3.8, 4) is 11.5 Å². The molecule has 0 heterocycles. The zero-order chi connectivity index (χ0) is 22.2. The second kappa shape index (κ2) is 10.4. The van der Waals surface area contributed by atoms with Crippen LogP contribution in [-0.2, 0) is 0 Å². The summed E-state index contributed by atoms with van der Waals surface area (Å²) in [4.78, 5) is 24.5. The molecular formula is C24H21ClN2O4. The molecule has 0 aromatic heterocycles. The number of nitrogens with zero attached hydrogens (tertiary/aromatic N) is 1. The van der Waals surface area contributed by atoms with E-state index in [1.807, 2.05) is 26.0 Å². The lowest BCUT2D eigenvalue weighted by Gasteiger charge is -2.11. The van der Waals surface area contributed by atoms with Crippen LogP contribution in [0.4, 0.5) is 0 Å². The summed E-state index contributed by atoms with van der Waals surface area (Å²) in [5.74, 6) is -0.134. The third-order valence-corrected chi connectivity index (χ3v) is 4.50. The average Bonchev–Trinajstić information content (AvgIpc) is 2.76. The van der Waals surface area contributed by atoms with E-state index in [1.165, 1.54) is 6.21 Å². The molecule has 3 rings (SSSR count). The molecule has 1 amide bonds. The van der Waals surface area contributed by atoms with E-state index in [0.29, 0.717) is 39.8 Å². The van der Waals surface area contributed by atoms with Gasteiger partial charge in [0.15, 0.2) is 11.5 Å². The highest BCUT2D eigenvalue weighted by Crippen LogP contribution is 2.29. The van der Waals surface area contributed by atoms with E-state index in [0.717, 1.165) is 5.56 Å². The Hall–Kier alpha value is -3.64. The lowest BCUT2D eigenvalue weighted by molar-refractivity contribution is 0.0728. The Labute approximate surface area is 185 Å². The highest BCUT2D eigenvalue weighted by Gasteiger charge is 2.13. The zero-order valence-electron chi connectivity index (χ0n) is 17.1. The summed E-state index contributed by atoms with van der Waals surface area (Å²) < 4.78 is 11.1. The predicted octanol–water partition coefficient (Wildman–Crippen LogP) is 5.03. The number of halogens is 1. The van der Waals surface area contributed by atoms with Crippen LogP contribution in [0.25, 0.3) is 0 Å². The maximum absolute atomic E-state index is 12.4. The standard InChI is InChI=1S/C24H21ClN2O4/c1-3-30-22-14-17(15-26-27-23(28)18-9-11-20(25)12-10-18)6-13-21(22)31-24(29)19-7-4-16(2)5-8-19/h4-15H,3H2,1-2H3,(H,27,28)/b26-15-. The van der Waals surface area contributed by atoms with Crippen LogP contribution < -0.4 is 14.9 Å². The minimum absolute atomic E-state index is 0.301. The van der Waals surface area contributed by atoms with Gasteiger partial charge in [0, 0.05) is 10.6 Å². The van der Waals surface area contributed by atoms with Crippen LogP contribution in [0.2, 0.25) is 5.02 Å². The number of benzene rings is 3. The maximum atomic E-state index is 12.4. The quantitative estimate of drug-likeness (QED) is 0.244. The Bertz CT molecular complexity index is 1090. The van der Waals surface area contributed by atoms with Gasteiger partial charge >= 0.3 is 5.97 Å². The van der Waals surface area contributed by atoms with E-state index >= 15 is 0 Å². The molecule has 3 aromatic carbocycles. The largest absolute Gasteiger partial charge is 0.490 e. The average molecular weight is 437 g/mol. The highest BCUT2D eigenvalue weighted by atomic mass is 35.5. The van der Waals surface area contributed by atoms with Crippen LogP contribution in [0.3, 0.4) is 0 Å². The second-order valence-corrected chi connectivity index (χ2v) is 7.04. The molecule has 0 bridgehead atoms. The van der Waals surface area contributed by atoms with Crippen molar-refractivity contribution in [2.24, 2.45) is 5.10 Å². The minimum Gasteiger partial charge on any atom is -0.490 e. The van der Waals surface area contributed by atoms with Gasteiger partial charge in [-0.1, -0.05) is 29.3 Å². The fraction of sp³-hybridized carbons (Fsp3) is 0.125. The Morgan fingerprint density at radius 1 is 0.968 bits per heavy atom. The number of nitrogens with one attached hydrogen (secondary N) is 1. The molecular weight excluding hydrogens is 416 g/mol. The van der Waals surface area contributed by atoms with Crippen molar-refractivity contribution in [3.63, 3.8) is 0 Å². The summed E-state index contributed by atoms with van der Waals surface area (Å²) >= 11 is 5.82. The lowest BCUT2D eigenvalue weighted by atomic mass is 10.1. The first-order valence-electron chi connectivity index (χ1n) is 9.61. The number of carbonyl (C=O) groups excluding carboxylic acids is 2. The number of hydrazone groups is 1. The minimum atomic E-state index is -0.474. The normalized spacial score (nSPS) is 10.7. The van der Waals surface area contributed by atoms with Crippen molar-refractivity contribution in [2.45, 2.75) is 13.8 Å². The zero-order valence-corrected chi connectivity index (χ0v) is 17.8. The smallest absolute Gasteiger partial charge is 0.343 e. The summed E-state index contributed by atoms with van der Waals surface area (Å²) in [6, 6.07) is 18.6. The van der Waals surface area contributed by atoms with Crippen molar-refractivity contribution < 1.29 is 19.1 Å². The van der Waals surface area contributed by atoms with E-state index in [9.17, 15) is 9.59 Å². The molecule has 3 aromatic rings. The van der Waals surface area contributed by atoms with E-state index in [1.54, 1.807) is 54.6 Å². The van der Waals surface area contributed by atoms with Gasteiger partial charge < -0.3 is 9.47 Å². The van der Waals surface area contributed by atoms with E-state index < -0.39 is 5.97 Å². The van der Waals surface area contributed by atoms with Crippen molar-refractivity contribution >= 4 is 29.7 Å². The lowest BCUT2D eigenvalue weighted by Crippen LogP contribution is -2.17. The molecule has 1 N–H and O–H groups in total. The Morgan fingerprint density at radius 3 is 2.32 bits per heavy atom. The summed E-state index contributed by atoms with van der Waals surface area (Å²) in [5, 5.41) is 4.52. The summed E-state index contributed by atoms with van der Waals surface area (Å²) in [6.45, 7) is 4.17. The van der Waals surface area contributed by atoms with Crippen molar-refractivity contribution in [1.29, 1.82) is 0 Å². The molecule has 6 nitrogen and oxygen atoms in total. The van der Waals surface area contributed by atoms with Gasteiger partial charge in [-0.05, 0) is 74.0 Å². The fourth-order valence-electron chi connectivity index (χ4n) is 2.64. The molecule has 0 spiro atoms. The molecule has 0 radical (unpaired) electrons. The topological polar surface area (TPSA) is 77.0 Å². The van der Waals surface area contributed by atoms with Crippen molar-refractivity contribution in [3.05, 3.63) is 94.0 Å². The predicted molar refractivity (Wildman–Crippen MR) is 120 cm³/mol.